The molecule has 0 atom stereocenters. The fourth-order valence-electron chi connectivity index (χ4n) is 2.51. The van der Waals surface area contributed by atoms with Crippen molar-refractivity contribution in [3.63, 3.8) is 0 Å². The molecule has 0 spiro atoms. The van der Waals surface area contributed by atoms with Crippen molar-refractivity contribution in [1.29, 1.82) is 0 Å². The summed E-state index contributed by atoms with van der Waals surface area (Å²) in [6.07, 6.45) is 2.87. The van der Waals surface area contributed by atoms with Gasteiger partial charge in [-0.2, -0.15) is 0 Å². The number of ether oxygens (including phenoxy) is 2. The molecule has 0 saturated heterocycles. The Morgan fingerprint density at radius 1 is 1.26 bits per heavy atom. The zero-order valence-electron chi connectivity index (χ0n) is 16.9. The fourth-order valence-corrected chi connectivity index (χ4v) is 2.76. The number of allylic oxidation sites excluding steroid dienone is 2. The summed E-state index contributed by atoms with van der Waals surface area (Å²) in [5, 5.41) is 3.64. The van der Waals surface area contributed by atoms with Gasteiger partial charge in [0.05, 0.1) is 24.5 Å². The molecule has 27 heavy (non-hydrogen) atoms. The number of rotatable bonds is 12. The zero-order valence-corrected chi connectivity index (χ0v) is 17.7. The molecule has 3 N–H and O–H groups in total. The Hall–Kier alpha value is -1.98. The maximum Gasteiger partial charge on any atom is 0.146 e. The van der Waals surface area contributed by atoms with E-state index in [1.165, 1.54) is 17.5 Å². The number of hydrogen-bond donors (Lipinski definition) is 2. The molecule has 0 aliphatic carbocycles. The number of nitrogens with zero attached hydrogens (tertiary/aromatic N) is 1. The van der Waals surface area contributed by atoms with Gasteiger partial charge in [-0.1, -0.05) is 31.2 Å². The van der Waals surface area contributed by atoms with Crippen molar-refractivity contribution in [3.05, 3.63) is 51.8 Å². The van der Waals surface area contributed by atoms with Gasteiger partial charge in [0, 0.05) is 6.61 Å². The van der Waals surface area contributed by atoms with E-state index in [9.17, 15) is 0 Å². The SMILES string of the molecule is C=C(CC)/C(Cl)=C(\N=C/N)NCCOc1ccc(CCOCC)c(C)c1C. The largest absolute Gasteiger partial charge is 0.491 e. The maximum absolute atomic E-state index is 6.28. The second kappa shape index (κ2) is 12.4. The van der Waals surface area contributed by atoms with Crippen molar-refractivity contribution in [2.24, 2.45) is 10.7 Å². The van der Waals surface area contributed by atoms with E-state index in [1.807, 2.05) is 19.9 Å². The highest BCUT2D eigenvalue weighted by molar-refractivity contribution is 6.32. The first kappa shape index (κ1) is 23.1. The molecule has 1 aromatic rings. The lowest BCUT2D eigenvalue weighted by Crippen LogP contribution is -2.21. The first-order chi connectivity index (χ1) is 13.0. The van der Waals surface area contributed by atoms with Gasteiger partial charge in [-0.3, -0.25) is 0 Å². The quantitative estimate of drug-likeness (QED) is 0.241. The van der Waals surface area contributed by atoms with E-state index in [0.29, 0.717) is 24.0 Å². The Morgan fingerprint density at radius 2 is 2.00 bits per heavy atom. The van der Waals surface area contributed by atoms with Crippen molar-refractivity contribution < 1.29 is 9.47 Å². The highest BCUT2D eigenvalue weighted by atomic mass is 35.5. The number of aliphatic imine (C=N–C) groups is 1. The highest BCUT2D eigenvalue weighted by Crippen LogP contribution is 2.25. The highest BCUT2D eigenvalue weighted by Gasteiger charge is 2.09. The molecule has 1 aromatic carbocycles. The van der Waals surface area contributed by atoms with Crippen LogP contribution in [0.3, 0.4) is 0 Å². The Bertz CT molecular complexity index is 684. The Morgan fingerprint density at radius 3 is 2.63 bits per heavy atom. The molecular formula is C21H32ClN3O2. The van der Waals surface area contributed by atoms with Crippen LogP contribution in [0.2, 0.25) is 0 Å². The van der Waals surface area contributed by atoms with Crippen LogP contribution in [-0.2, 0) is 11.2 Å². The molecule has 0 aliphatic rings. The zero-order chi connectivity index (χ0) is 20.2. The standard InChI is InChI=1S/C21H32ClN3O2/c1-6-15(3)20(22)21(25-14-23)24-11-13-27-19-9-8-18(10-12-26-7-2)16(4)17(19)5/h8-9,14,24H,3,6-7,10-13H2,1-2,4-5H3,(H2,23,25)/b21-20+. The normalized spacial score (nSPS) is 12.2. The van der Waals surface area contributed by atoms with Crippen LogP contribution in [0.25, 0.3) is 0 Å². The predicted octanol–water partition coefficient (Wildman–Crippen LogP) is 4.21. The summed E-state index contributed by atoms with van der Waals surface area (Å²) in [7, 11) is 0. The van der Waals surface area contributed by atoms with Crippen LogP contribution in [0.5, 0.6) is 5.75 Å². The van der Waals surface area contributed by atoms with Crippen LogP contribution >= 0.6 is 11.6 Å². The van der Waals surface area contributed by atoms with E-state index in [4.69, 9.17) is 26.8 Å². The van der Waals surface area contributed by atoms with Gasteiger partial charge < -0.3 is 20.5 Å². The van der Waals surface area contributed by atoms with Gasteiger partial charge in [-0.15, -0.1) is 0 Å². The number of nitrogens with two attached hydrogens (primary N) is 1. The Labute approximate surface area is 168 Å². The summed E-state index contributed by atoms with van der Waals surface area (Å²) in [5.41, 5.74) is 9.90. The minimum atomic E-state index is 0.477. The second-order valence-corrected chi connectivity index (χ2v) is 6.47. The molecule has 0 heterocycles. The van der Waals surface area contributed by atoms with Crippen molar-refractivity contribution in [2.75, 3.05) is 26.4 Å². The van der Waals surface area contributed by atoms with E-state index in [1.54, 1.807) is 0 Å². The maximum atomic E-state index is 6.28. The molecule has 0 aromatic heterocycles. The van der Waals surface area contributed by atoms with E-state index in [0.717, 1.165) is 42.9 Å². The van der Waals surface area contributed by atoms with E-state index >= 15 is 0 Å². The first-order valence-electron chi connectivity index (χ1n) is 9.31. The van der Waals surface area contributed by atoms with Crippen molar-refractivity contribution >= 4 is 17.9 Å². The predicted molar refractivity (Wildman–Crippen MR) is 115 cm³/mol. The fraction of sp³-hybridized carbons (Fsp3) is 0.476. The van der Waals surface area contributed by atoms with Crippen LogP contribution in [-0.4, -0.2) is 32.7 Å². The monoisotopic (exact) mass is 393 g/mol. The van der Waals surface area contributed by atoms with Crippen LogP contribution < -0.4 is 15.8 Å². The van der Waals surface area contributed by atoms with Crippen LogP contribution in [0, 0.1) is 13.8 Å². The second-order valence-electron chi connectivity index (χ2n) is 6.09. The Kier molecular flexibility index (Phi) is 10.6. The molecule has 1 rings (SSSR count). The van der Waals surface area contributed by atoms with Crippen LogP contribution in [0.1, 0.15) is 37.0 Å². The van der Waals surface area contributed by atoms with Gasteiger partial charge in [0.1, 0.15) is 18.2 Å². The minimum absolute atomic E-state index is 0.477. The van der Waals surface area contributed by atoms with Crippen molar-refractivity contribution in [1.82, 2.24) is 5.32 Å². The van der Waals surface area contributed by atoms with Gasteiger partial charge in [0.2, 0.25) is 0 Å². The lowest BCUT2D eigenvalue weighted by Gasteiger charge is -2.15. The topological polar surface area (TPSA) is 68.9 Å². The van der Waals surface area contributed by atoms with Gasteiger partial charge >= 0.3 is 0 Å². The van der Waals surface area contributed by atoms with Gasteiger partial charge in [-0.05, 0) is 61.9 Å². The molecule has 0 saturated carbocycles. The molecule has 6 heteroatoms. The summed E-state index contributed by atoms with van der Waals surface area (Å²) < 4.78 is 11.4. The number of hydrogen-bond acceptors (Lipinski definition) is 4. The lowest BCUT2D eigenvalue weighted by molar-refractivity contribution is 0.151. The summed E-state index contributed by atoms with van der Waals surface area (Å²) >= 11 is 6.28. The number of nitrogens with one attached hydrogen (secondary N) is 1. The summed E-state index contributed by atoms with van der Waals surface area (Å²) in [5.74, 6) is 1.39. The van der Waals surface area contributed by atoms with E-state index in [2.05, 4.69) is 36.8 Å². The lowest BCUT2D eigenvalue weighted by atomic mass is 10.0. The minimum Gasteiger partial charge on any atom is -0.491 e. The smallest absolute Gasteiger partial charge is 0.146 e. The molecular weight excluding hydrogens is 362 g/mol. The molecule has 0 fully saturated rings. The van der Waals surface area contributed by atoms with Gasteiger partial charge in [-0.25, -0.2) is 4.99 Å². The van der Waals surface area contributed by atoms with Crippen molar-refractivity contribution in [2.45, 2.75) is 40.5 Å². The molecule has 0 amide bonds. The van der Waals surface area contributed by atoms with Gasteiger partial charge in [0.15, 0.2) is 0 Å². The molecule has 0 aliphatic heterocycles. The molecule has 0 bridgehead atoms. The third kappa shape index (κ3) is 7.27. The Balaban J connectivity index is 2.65. The summed E-state index contributed by atoms with van der Waals surface area (Å²) in [4.78, 5) is 4.08. The molecule has 0 radical (unpaired) electrons. The average molecular weight is 394 g/mol. The summed E-state index contributed by atoms with van der Waals surface area (Å²) in [6.45, 7) is 14.6. The number of halogens is 1. The van der Waals surface area contributed by atoms with Crippen molar-refractivity contribution in [3.8, 4) is 5.75 Å². The van der Waals surface area contributed by atoms with Crippen LogP contribution in [0.4, 0.5) is 0 Å². The van der Waals surface area contributed by atoms with E-state index < -0.39 is 0 Å². The third-order valence-corrected chi connectivity index (χ3v) is 4.82. The average Bonchev–Trinajstić information content (AvgIpc) is 2.67. The van der Waals surface area contributed by atoms with E-state index in [-0.39, 0.29) is 0 Å². The molecule has 5 nitrogen and oxygen atoms in total. The summed E-state index contributed by atoms with van der Waals surface area (Å²) in [6, 6.07) is 4.13. The molecule has 150 valence electrons. The van der Waals surface area contributed by atoms with Crippen LogP contribution in [0.15, 0.2) is 40.1 Å². The van der Waals surface area contributed by atoms with Gasteiger partial charge in [0.25, 0.3) is 0 Å². The third-order valence-electron chi connectivity index (χ3n) is 4.37. The molecule has 0 unspecified atom stereocenters. The first-order valence-corrected chi connectivity index (χ1v) is 9.69. The number of benzene rings is 1.